The summed E-state index contributed by atoms with van der Waals surface area (Å²) in [7, 11) is 0. The molecule has 2 atom stereocenters. The molecule has 1 heterocycles. The summed E-state index contributed by atoms with van der Waals surface area (Å²) in [5.41, 5.74) is 0. The first-order valence-corrected chi connectivity index (χ1v) is 6.38. The van der Waals surface area contributed by atoms with E-state index in [0.29, 0.717) is 5.75 Å². The first kappa shape index (κ1) is 13.3. The molecule has 0 aromatic heterocycles. The Morgan fingerprint density at radius 1 is 1.28 bits per heavy atom. The minimum absolute atomic E-state index is 0.0962. The van der Waals surface area contributed by atoms with Crippen LogP contribution in [0.4, 0.5) is 0 Å². The molecule has 18 heavy (non-hydrogen) atoms. The molecular formula is C12H14BrNO4. The van der Waals surface area contributed by atoms with Crippen LogP contribution in [0.1, 0.15) is 0 Å². The second kappa shape index (κ2) is 5.69. The topological polar surface area (TPSA) is 70.0 Å². The van der Waals surface area contributed by atoms with Crippen LogP contribution in [0, 0.1) is 0 Å². The number of nitrogens with zero attached hydrogens (tertiary/aromatic N) is 1. The standard InChI is InChI=1S/C12H14BrNO4/c13-8-1-3-9(4-2-8)18-7-12(17)14-5-10(15)11(16)6-14/h1-4,10-11,15-16H,5-7H2/t10-,11+. The van der Waals surface area contributed by atoms with Crippen LogP contribution in [0.25, 0.3) is 0 Å². The molecule has 1 aliphatic rings. The molecule has 1 saturated heterocycles. The number of carbonyl (C=O) groups excluding carboxylic acids is 1. The van der Waals surface area contributed by atoms with Crippen molar-refractivity contribution in [2.75, 3.05) is 19.7 Å². The molecule has 1 aliphatic heterocycles. The van der Waals surface area contributed by atoms with Gasteiger partial charge in [-0.05, 0) is 24.3 Å². The van der Waals surface area contributed by atoms with Crippen LogP contribution in [0.5, 0.6) is 5.75 Å². The van der Waals surface area contributed by atoms with E-state index in [0.717, 1.165) is 4.47 Å². The van der Waals surface area contributed by atoms with E-state index < -0.39 is 12.2 Å². The number of hydrogen-bond acceptors (Lipinski definition) is 4. The maximum atomic E-state index is 11.7. The summed E-state index contributed by atoms with van der Waals surface area (Å²) in [4.78, 5) is 13.1. The maximum absolute atomic E-state index is 11.7. The van der Waals surface area contributed by atoms with E-state index in [2.05, 4.69) is 15.9 Å². The van der Waals surface area contributed by atoms with Crippen molar-refractivity contribution < 1.29 is 19.7 Å². The lowest BCUT2D eigenvalue weighted by molar-refractivity contribution is -0.132. The molecule has 0 bridgehead atoms. The average molecular weight is 316 g/mol. The van der Waals surface area contributed by atoms with Crippen LogP contribution in [0.2, 0.25) is 0 Å². The zero-order valence-corrected chi connectivity index (χ0v) is 11.2. The Hall–Kier alpha value is -1.11. The molecule has 1 aromatic rings. The van der Waals surface area contributed by atoms with Gasteiger partial charge in [0.15, 0.2) is 6.61 Å². The summed E-state index contributed by atoms with van der Waals surface area (Å²) in [6.45, 7) is 0.217. The van der Waals surface area contributed by atoms with Crippen molar-refractivity contribution in [1.29, 1.82) is 0 Å². The number of hydrogen-bond donors (Lipinski definition) is 2. The number of halogens is 1. The summed E-state index contributed by atoms with van der Waals surface area (Å²) in [5, 5.41) is 18.7. The van der Waals surface area contributed by atoms with Gasteiger partial charge in [0.25, 0.3) is 5.91 Å². The van der Waals surface area contributed by atoms with Gasteiger partial charge in [0.05, 0.1) is 12.2 Å². The zero-order valence-electron chi connectivity index (χ0n) is 9.62. The average Bonchev–Trinajstić information content (AvgIpc) is 2.69. The Kier molecular flexibility index (Phi) is 4.21. The second-order valence-electron chi connectivity index (χ2n) is 4.18. The second-order valence-corrected chi connectivity index (χ2v) is 5.09. The van der Waals surface area contributed by atoms with Gasteiger partial charge in [-0.1, -0.05) is 15.9 Å². The van der Waals surface area contributed by atoms with Crippen molar-refractivity contribution in [3.8, 4) is 5.75 Å². The summed E-state index contributed by atoms with van der Waals surface area (Å²) < 4.78 is 6.27. The van der Waals surface area contributed by atoms with Crippen LogP contribution >= 0.6 is 15.9 Å². The number of ether oxygens (including phenoxy) is 1. The van der Waals surface area contributed by atoms with Crippen LogP contribution in [-0.4, -0.2) is 52.9 Å². The lowest BCUT2D eigenvalue weighted by Gasteiger charge is -2.15. The predicted octanol–water partition coefficient (Wildman–Crippen LogP) is 0.392. The molecule has 5 nitrogen and oxygen atoms in total. The molecule has 1 aromatic carbocycles. The van der Waals surface area contributed by atoms with E-state index in [1.165, 1.54) is 4.90 Å². The quantitative estimate of drug-likeness (QED) is 0.846. The Balaban J connectivity index is 1.83. The molecule has 0 saturated carbocycles. The third-order valence-corrected chi connectivity index (χ3v) is 3.32. The van der Waals surface area contributed by atoms with E-state index in [9.17, 15) is 15.0 Å². The maximum Gasteiger partial charge on any atom is 0.260 e. The SMILES string of the molecule is O=C(COc1ccc(Br)cc1)N1C[C@@H](O)[C@@H](O)C1. The number of β-amino-alcohol motifs (C(OH)–C–C–N with tert-alkyl or cyclic N) is 2. The number of aliphatic hydroxyl groups is 2. The van der Waals surface area contributed by atoms with Crippen molar-refractivity contribution in [1.82, 2.24) is 4.90 Å². The van der Waals surface area contributed by atoms with E-state index in [4.69, 9.17) is 4.74 Å². The monoisotopic (exact) mass is 315 g/mol. The van der Waals surface area contributed by atoms with E-state index in [1.807, 2.05) is 12.1 Å². The molecule has 0 spiro atoms. The number of rotatable bonds is 3. The highest BCUT2D eigenvalue weighted by Crippen LogP contribution is 2.16. The number of carbonyl (C=O) groups is 1. The Morgan fingerprint density at radius 2 is 1.83 bits per heavy atom. The van der Waals surface area contributed by atoms with Crippen LogP contribution in [-0.2, 0) is 4.79 Å². The number of likely N-dealkylation sites (tertiary alicyclic amines) is 1. The van der Waals surface area contributed by atoms with E-state index >= 15 is 0 Å². The van der Waals surface area contributed by atoms with Gasteiger partial charge in [0.1, 0.15) is 5.75 Å². The molecule has 1 amide bonds. The molecule has 0 radical (unpaired) electrons. The van der Waals surface area contributed by atoms with Crippen molar-refractivity contribution in [2.45, 2.75) is 12.2 Å². The highest BCUT2D eigenvalue weighted by Gasteiger charge is 2.32. The molecule has 2 rings (SSSR count). The summed E-state index contributed by atoms with van der Waals surface area (Å²) in [6, 6.07) is 7.16. The molecule has 98 valence electrons. The Morgan fingerprint density at radius 3 is 2.39 bits per heavy atom. The molecule has 6 heteroatoms. The fourth-order valence-corrected chi connectivity index (χ4v) is 2.00. The van der Waals surface area contributed by atoms with Crippen molar-refractivity contribution in [3.63, 3.8) is 0 Å². The van der Waals surface area contributed by atoms with Gasteiger partial charge in [-0.2, -0.15) is 0 Å². The Labute approximate surface area is 113 Å². The minimum Gasteiger partial charge on any atom is -0.484 e. The highest BCUT2D eigenvalue weighted by atomic mass is 79.9. The van der Waals surface area contributed by atoms with Gasteiger partial charge in [-0.3, -0.25) is 4.79 Å². The molecule has 1 fully saturated rings. The first-order valence-electron chi connectivity index (χ1n) is 5.58. The largest absolute Gasteiger partial charge is 0.484 e. The van der Waals surface area contributed by atoms with Gasteiger partial charge in [-0.25, -0.2) is 0 Å². The van der Waals surface area contributed by atoms with Gasteiger partial charge in [0.2, 0.25) is 0 Å². The lowest BCUT2D eigenvalue weighted by atomic mass is 10.3. The van der Waals surface area contributed by atoms with Crippen LogP contribution in [0.3, 0.4) is 0 Å². The third kappa shape index (κ3) is 3.22. The number of amides is 1. The highest BCUT2D eigenvalue weighted by molar-refractivity contribution is 9.10. The fourth-order valence-electron chi connectivity index (χ4n) is 1.74. The number of benzene rings is 1. The predicted molar refractivity (Wildman–Crippen MR) is 68.2 cm³/mol. The molecule has 0 aliphatic carbocycles. The third-order valence-electron chi connectivity index (χ3n) is 2.79. The number of aliphatic hydroxyl groups excluding tert-OH is 2. The molecule has 0 unspecified atom stereocenters. The summed E-state index contributed by atoms with van der Waals surface area (Å²) in [5.74, 6) is 0.361. The van der Waals surface area contributed by atoms with E-state index in [1.54, 1.807) is 12.1 Å². The summed E-state index contributed by atoms with van der Waals surface area (Å²) in [6.07, 6.45) is -1.72. The van der Waals surface area contributed by atoms with Crippen LogP contribution in [0.15, 0.2) is 28.7 Å². The smallest absolute Gasteiger partial charge is 0.260 e. The molecule has 2 N–H and O–H groups in total. The van der Waals surface area contributed by atoms with Crippen molar-refractivity contribution >= 4 is 21.8 Å². The minimum atomic E-state index is -0.860. The first-order chi connectivity index (χ1) is 8.56. The van der Waals surface area contributed by atoms with Gasteiger partial charge in [-0.15, -0.1) is 0 Å². The van der Waals surface area contributed by atoms with E-state index in [-0.39, 0.29) is 25.6 Å². The lowest BCUT2D eigenvalue weighted by Crippen LogP contribution is -2.33. The molecular weight excluding hydrogens is 302 g/mol. The Bertz CT molecular complexity index is 413. The normalized spacial score (nSPS) is 23.2. The zero-order chi connectivity index (χ0) is 13.1. The summed E-state index contributed by atoms with van der Waals surface area (Å²) >= 11 is 3.31. The van der Waals surface area contributed by atoms with Gasteiger partial charge >= 0.3 is 0 Å². The fraction of sp³-hybridized carbons (Fsp3) is 0.417. The van der Waals surface area contributed by atoms with Gasteiger partial charge in [0, 0.05) is 17.6 Å². The van der Waals surface area contributed by atoms with Crippen molar-refractivity contribution in [2.24, 2.45) is 0 Å². The van der Waals surface area contributed by atoms with Crippen LogP contribution < -0.4 is 4.74 Å². The van der Waals surface area contributed by atoms with Crippen molar-refractivity contribution in [3.05, 3.63) is 28.7 Å². The van der Waals surface area contributed by atoms with Gasteiger partial charge < -0.3 is 19.8 Å².